The highest BCUT2D eigenvalue weighted by atomic mass is 19.4. The molecule has 0 aromatic heterocycles. The average molecular weight is 287 g/mol. The average Bonchev–Trinajstić information content (AvgIpc) is 3.11. The molecule has 0 heterocycles. The Morgan fingerprint density at radius 2 is 1.80 bits per heavy atom. The molecule has 20 heavy (non-hydrogen) atoms. The highest BCUT2D eigenvalue weighted by Crippen LogP contribution is 2.34. The first-order valence-corrected chi connectivity index (χ1v) is 6.95. The molecule has 1 aliphatic carbocycles. The Labute approximate surface area is 117 Å². The Morgan fingerprint density at radius 3 is 2.30 bits per heavy atom. The molecule has 0 saturated heterocycles. The fourth-order valence-electron chi connectivity index (χ4n) is 2.40. The van der Waals surface area contributed by atoms with Gasteiger partial charge in [0.15, 0.2) is 0 Å². The lowest BCUT2D eigenvalue weighted by Crippen LogP contribution is -2.29. The number of hydrogen-bond donors (Lipinski definition) is 1. The molecular weight excluding hydrogens is 267 g/mol. The first-order chi connectivity index (χ1) is 9.33. The van der Waals surface area contributed by atoms with E-state index in [0.29, 0.717) is 6.04 Å². The first kappa shape index (κ1) is 15.2. The van der Waals surface area contributed by atoms with Crippen LogP contribution in [0.25, 0.3) is 0 Å². The Kier molecular flexibility index (Phi) is 4.58. The third-order valence-corrected chi connectivity index (χ3v) is 3.53. The van der Waals surface area contributed by atoms with Crippen molar-refractivity contribution >= 4 is 0 Å². The van der Waals surface area contributed by atoms with E-state index in [9.17, 15) is 13.2 Å². The summed E-state index contributed by atoms with van der Waals surface area (Å²) >= 11 is 0. The molecule has 112 valence electrons. The largest absolute Gasteiger partial charge is 0.573 e. The number of ether oxygens (including phenoxy) is 1. The van der Waals surface area contributed by atoms with E-state index in [2.05, 4.69) is 17.0 Å². The van der Waals surface area contributed by atoms with Crippen molar-refractivity contribution < 1.29 is 17.9 Å². The summed E-state index contributed by atoms with van der Waals surface area (Å²) in [6, 6.07) is 6.58. The number of nitrogens with one attached hydrogen (secondary N) is 1. The summed E-state index contributed by atoms with van der Waals surface area (Å²) in [6.07, 6.45) is -0.822. The summed E-state index contributed by atoms with van der Waals surface area (Å²) in [5, 5.41) is 3.47. The molecule has 0 amide bonds. The molecule has 2 nitrogen and oxygen atoms in total. The maximum Gasteiger partial charge on any atom is 0.573 e. The number of benzene rings is 1. The molecule has 1 aliphatic rings. The Bertz CT molecular complexity index is 426. The zero-order valence-corrected chi connectivity index (χ0v) is 11.7. The Balaban J connectivity index is 1.87. The van der Waals surface area contributed by atoms with Crippen molar-refractivity contribution in [1.82, 2.24) is 5.32 Å². The zero-order chi connectivity index (χ0) is 14.8. The van der Waals surface area contributed by atoms with Crippen molar-refractivity contribution in [2.24, 2.45) is 5.92 Å². The molecular formula is C15H20F3NO. The van der Waals surface area contributed by atoms with E-state index in [-0.39, 0.29) is 11.8 Å². The van der Waals surface area contributed by atoms with Crippen LogP contribution < -0.4 is 10.1 Å². The highest BCUT2D eigenvalue weighted by molar-refractivity contribution is 5.29. The van der Waals surface area contributed by atoms with Crippen molar-refractivity contribution in [3.05, 3.63) is 29.8 Å². The van der Waals surface area contributed by atoms with Gasteiger partial charge in [-0.3, -0.25) is 0 Å². The van der Waals surface area contributed by atoms with Crippen LogP contribution in [0.3, 0.4) is 0 Å². The molecule has 1 fully saturated rings. The summed E-state index contributed by atoms with van der Waals surface area (Å²) in [7, 11) is 0. The molecule has 0 radical (unpaired) electrons. The van der Waals surface area contributed by atoms with Gasteiger partial charge < -0.3 is 10.1 Å². The van der Waals surface area contributed by atoms with E-state index in [1.165, 1.54) is 31.4 Å². The third-order valence-electron chi connectivity index (χ3n) is 3.53. The van der Waals surface area contributed by atoms with Gasteiger partial charge in [-0.25, -0.2) is 0 Å². The number of halogens is 3. The third kappa shape index (κ3) is 5.04. The first-order valence-electron chi connectivity index (χ1n) is 6.95. The summed E-state index contributed by atoms with van der Waals surface area (Å²) in [6.45, 7) is 4.17. The predicted octanol–water partition coefficient (Wildman–Crippen LogP) is 4.42. The lowest BCUT2D eigenvalue weighted by atomic mass is 10.1. The SMILES string of the molecule is CC(CC1CC1)NC(C)c1ccc(OC(F)(F)F)cc1. The van der Waals surface area contributed by atoms with Crippen LogP contribution >= 0.6 is 0 Å². The van der Waals surface area contributed by atoms with Gasteiger partial charge in [0.05, 0.1) is 0 Å². The van der Waals surface area contributed by atoms with Gasteiger partial charge in [-0.15, -0.1) is 13.2 Å². The molecule has 1 saturated carbocycles. The minimum atomic E-state index is -4.63. The summed E-state index contributed by atoms with van der Waals surface area (Å²) in [5.74, 6) is 0.673. The van der Waals surface area contributed by atoms with Crippen LogP contribution in [0.15, 0.2) is 24.3 Å². The van der Waals surface area contributed by atoms with Crippen LogP contribution in [0, 0.1) is 5.92 Å². The zero-order valence-electron chi connectivity index (χ0n) is 11.7. The molecule has 0 spiro atoms. The quantitative estimate of drug-likeness (QED) is 0.836. The minimum absolute atomic E-state index is 0.115. The molecule has 5 heteroatoms. The second-order valence-corrected chi connectivity index (χ2v) is 5.59. The van der Waals surface area contributed by atoms with Gasteiger partial charge in [0, 0.05) is 12.1 Å². The summed E-state index contributed by atoms with van der Waals surface area (Å²) in [4.78, 5) is 0. The summed E-state index contributed by atoms with van der Waals surface area (Å²) < 4.78 is 40.1. The van der Waals surface area contributed by atoms with E-state index in [0.717, 1.165) is 11.5 Å². The van der Waals surface area contributed by atoms with E-state index in [1.807, 2.05) is 6.92 Å². The monoisotopic (exact) mass is 287 g/mol. The van der Waals surface area contributed by atoms with Gasteiger partial charge in [-0.05, 0) is 43.9 Å². The van der Waals surface area contributed by atoms with Gasteiger partial charge in [0.1, 0.15) is 5.75 Å². The Morgan fingerprint density at radius 1 is 1.20 bits per heavy atom. The topological polar surface area (TPSA) is 21.3 Å². The van der Waals surface area contributed by atoms with E-state index >= 15 is 0 Å². The normalized spacial score (nSPS) is 18.6. The molecule has 0 bridgehead atoms. The van der Waals surface area contributed by atoms with Crippen molar-refractivity contribution in [1.29, 1.82) is 0 Å². The lowest BCUT2D eigenvalue weighted by molar-refractivity contribution is -0.274. The molecule has 2 atom stereocenters. The highest BCUT2D eigenvalue weighted by Gasteiger charge is 2.31. The molecule has 2 rings (SSSR count). The smallest absolute Gasteiger partial charge is 0.406 e. The van der Waals surface area contributed by atoms with Gasteiger partial charge in [0.2, 0.25) is 0 Å². The van der Waals surface area contributed by atoms with Crippen LogP contribution in [0.2, 0.25) is 0 Å². The van der Waals surface area contributed by atoms with Crippen LogP contribution in [0.1, 0.15) is 44.7 Å². The van der Waals surface area contributed by atoms with Crippen LogP contribution in [0.4, 0.5) is 13.2 Å². The van der Waals surface area contributed by atoms with Crippen LogP contribution in [-0.4, -0.2) is 12.4 Å². The van der Waals surface area contributed by atoms with Crippen LogP contribution in [0.5, 0.6) is 5.75 Å². The van der Waals surface area contributed by atoms with E-state index in [1.54, 1.807) is 12.1 Å². The maximum absolute atomic E-state index is 12.1. The second kappa shape index (κ2) is 6.04. The lowest BCUT2D eigenvalue weighted by Gasteiger charge is -2.20. The molecule has 2 unspecified atom stereocenters. The van der Waals surface area contributed by atoms with Gasteiger partial charge in [-0.1, -0.05) is 25.0 Å². The molecule has 0 aliphatic heterocycles. The predicted molar refractivity (Wildman–Crippen MR) is 71.5 cm³/mol. The number of alkyl halides is 3. The van der Waals surface area contributed by atoms with Gasteiger partial charge in [-0.2, -0.15) is 0 Å². The second-order valence-electron chi connectivity index (χ2n) is 5.59. The van der Waals surface area contributed by atoms with Crippen LogP contribution in [-0.2, 0) is 0 Å². The maximum atomic E-state index is 12.1. The molecule has 1 aromatic carbocycles. The van der Waals surface area contributed by atoms with Crippen molar-refractivity contribution in [3.63, 3.8) is 0 Å². The van der Waals surface area contributed by atoms with Gasteiger partial charge >= 0.3 is 6.36 Å². The van der Waals surface area contributed by atoms with Gasteiger partial charge in [0.25, 0.3) is 0 Å². The van der Waals surface area contributed by atoms with E-state index < -0.39 is 6.36 Å². The summed E-state index contributed by atoms with van der Waals surface area (Å²) in [5.41, 5.74) is 0.960. The number of hydrogen-bond acceptors (Lipinski definition) is 2. The van der Waals surface area contributed by atoms with E-state index in [4.69, 9.17) is 0 Å². The van der Waals surface area contributed by atoms with Crippen molar-refractivity contribution in [2.75, 3.05) is 0 Å². The Hall–Kier alpha value is -1.23. The minimum Gasteiger partial charge on any atom is -0.406 e. The number of rotatable bonds is 6. The van der Waals surface area contributed by atoms with Crippen molar-refractivity contribution in [2.45, 2.75) is 51.6 Å². The standard InChI is InChI=1S/C15H20F3NO/c1-10(9-12-3-4-12)19-11(2)13-5-7-14(8-6-13)20-15(16,17)18/h5-8,10-12,19H,3-4,9H2,1-2H3. The fraction of sp³-hybridized carbons (Fsp3) is 0.600. The molecule has 1 aromatic rings. The molecule has 1 N–H and O–H groups in total. The van der Waals surface area contributed by atoms with Crippen molar-refractivity contribution in [3.8, 4) is 5.75 Å². The fourth-order valence-corrected chi connectivity index (χ4v) is 2.40.